The third-order valence-corrected chi connectivity index (χ3v) is 3.56. The normalized spacial score (nSPS) is 12.2. The van der Waals surface area contributed by atoms with Gasteiger partial charge < -0.3 is 9.84 Å². The number of ether oxygens (including phenoxy) is 1. The predicted octanol–water partition coefficient (Wildman–Crippen LogP) is 3.99. The number of methoxy groups -OCH3 is 1. The van der Waals surface area contributed by atoms with Crippen LogP contribution in [0, 0.1) is 0 Å². The third-order valence-electron chi connectivity index (χ3n) is 3.23. The number of rotatable bonds is 4. The van der Waals surface area contributed by atoms with E-state index < -0.39 is 6.10 Å². The second-order valence-electron chi connectivity index (χ2n) is 4.34. The molecule has 0 radical (unpaired) electrons. The molecule has 0 spiro atoms. The Balaban J connectivity index is 2.41. The van der Waals surface area contributed by atoms with E-state index in [9.17, 15) is 5.11 Å². The lowest BCUT2D eigenvalue weighted by Gasteiger charge is -2.17. The lowest BCUT2D eigenvalue weighted by molar-refractivity contribution is 0.219. The average Bonchev–Trinajstić information content (AvgIpc) is 2.46. The smallest absolute Gasteiger partial charge is 0.120 e. The molecule has 0 heterocycles. The molecule has 1 atom stereocenters. The molecule has 2 aromatic rings. The van der Waals surface area contributed by atoms with E-state index in [-0.39, 0.29) is 0 Å². The van der Waals surface area contributed by atoms with E-state index in [2.05, 4.69) is 6.92 Å². The van der Waals surface area contributed by atoms with Crippen LogP contribution >= 0.6 is 11.6 Å². The molecule has 0 bridgehead atoms. The first-order chi connectivity index (χ1) is 9.17. The summed E-state index contributed by atoms with van der Waals surface area (Å²) in [7, 11) is 1.59. The largest absolute Gasteiger partial charge is 0.497 e. The van der Waals surface area contributed by atoms with Crippen molar-refractivity contribution in [2.75, 3.05) is 7.11 Å². The van der Waals surface area contributed by atoms with E-state index in [1.54, 1.807) is 25.3 Å². The van der Waals surface area contributed by atoms with Crippen LogP contribution in [0.5, 0.6) is 5.75 Å². The molecule has 0 saturated carbocycles. The summed E-state index contributed by atoms with van der Waals surface area (Å²) in [4.78, 5) is 0. The van der Waals surface area contributed by atoms with Gasteiger partial charge in [0.15, 0.2) is 0 Å². The molecule has 0 aliphatic carbocycles. The fourth-order valence-electron chi connectivity index (χ4n) is 2.15. The maximum absolute atomic E-state index is 10.5. The van der Waals surface area contributed by atoms with E-state index in [1.165, 1.54) is 0 Å². The zero-order chi connectivity index (χ0) is 13.8. The Kier molecular flexibility index (Phi) is 4.46. The first-order valence-corrected chi connectivity index (χ1v) is 6.64. The zero-order valence-corrected chi connectivity index (χ0v) is 11.8. The quantitative estimate of drug-likeness (QED) is 0.915. The first kappa shape index (κ1) is 13.9. The second kappa shape index (κ2) is 6.09. The lowest BCUT2D eigenvalue weighted by Crippen LogP contribution is -2.04. The molecule has 100 valence electrons. The number of hydrogen-bond donors (Lipinski definition) is 1. The molecular formula is C16H17ClO2. The topological polar surface area (TPSA) is 29.5 Å². The van der Waals surface area contributed by atoms with Crippen LogP contribution in [0.4, 0.5) is 0 Å². The molecule has 0 fully saturated rings. The monoisotopic (exact) mass is 276 g/mol. The Morgan fingerprint density at radius 3 is 2.53 bits per heavy atom. The molecule has 2 nitrogen and oxygen atoms in total. The van der Waals surface area contributed by atoms with Gasteiger partial charge in [0, 0.05) is 5.56 Å². The van der Waals surface area contributed by atoms with Crippen molar-refractivity contribution in [3.05, 3.63) is 64.2 Å². The van der Waals surface area contributed by atoms with Crippen molar-refractivity contribution in [3.63, 3.8) is 0 Å². The minimum absolute atomic E-state index is 0.512. The van der Waals surface area contributed by atoms with Crippen molar-refractivity contribution in [2.24, 2.45) is 0 Å². The number of aliphatic hydroxyl groups is 1. The van der Waals surface area contributed by atoms with Gasteiger partial charge in [0.2, 0.25) is 0 Å². The van der Waals surface area contributed by atoms with Gasteiger partial charge >= 0.3 is 0 Å². The lowest BCUT2D eigenvalue weighted by atomic mass is 9.95. The van der Waals surface area contributed by atoms with Gasteiger partial charge in [0.25, 0.3) is 0 Å². The van der Waals surface area contributed by atoms with Gasteiger partial charge in [-0.25, -0.2) is 0 Å². The maximum Gasteiger partial charge on any atom is 0.120 e. The summed E-state index contributed by atoms with van der Waals surface area (Å²) in [5.41, 5.74) is 2.72. The highest BCUT2D eigenvalue weighted by Crippen LogP contribution is 2.32. The summed E-state index contributed by atoms with van der Waals surface area (Å²) in [5.74, 6) is 0.685. The van der Waals surface area contributed by atoms with Crippen molar-refractivity contribution < 1.29 is 9.84 Å². The van der Waals surface area contributed by atoms with Gasteiger partial charge in [0.1, 0.15) is 11.9 Å². The predicted molar refractivity (Wildman–Crippen MR) is 77.9 cm³/mol. The Hall–Kier alpha value is -1.51. The highest BCUT2D eigenvalue weighted by molar-refractivity contribution is 6.31. The summed E-state index contributed by atoms with van der Waals surface area (Å²) in [5, 5.41) is 11.0. The number of aliphatic hydroxyl groups excluding tert-OH is 1. The van der Waals surface area contributed by atoms with E-state index in [0.717, 1.165) is 17.5 Å². The minimum Gasteiger partial charge on any atom is -0.497 e. The van der Waals surface area contributed by atoms with Crippen LogP contribution in [0.1, 0.15) is 29.7 Å². The fraction of sp³-hybridized carbons (Fsp3) is 0.250. The van der Waals surface area contributed by atoms with Gasteiger partial charge in [-0.15, -0.1) is 0 Å². The fourth-order valence-corrected chi connectivity index (χ4v) is 2.42. The van der Waals surface area contributed by atoms with Crippen molar-refractivity contribution >= 4 is 11.6 Å². The van der Waals surface area contributed by atoms with Gasteiger partial charge in [-0.05, 0) is 29.7 Å². The Labute approximate surface area is 118 Å². The molecule has 0 aromatic heterocycles. The van der Waals surface area contributed by atoms with Crippen LogP contribution in [-0.4, -0.2) is 12.2 Å². The van der Waals surface area contributed by atoms with Crippen molar-refractivity contribution in [2.45, 2.75) is 19.4 Å². The first-order valence-electron chi connectivity index (χ1n) is 6.26. The van der Waals surface area contributed by atoms with Gasteiger partial charge in [-0.2, -0.15) is 0 Å². The summed E-state index contributed by atoms with van der Waals surface area (Å²) in [6.07, 6.45) is 0.163. The molecule has 2 rings (SSSR count). The molecule has 19 heavy (non-hydrogen) atoms. The van der Waals surface area contributed by atoms with Crippen LogP contribution < -0.4 is 4.74 Å². The highest BCUT2D eigenvalue weighted by Gasteiger charge is 2.16. The Morgan fingerprint density at radius 1 is 1.16 bits per heavy atom. The number of halogens is 1. The van der Waals surface area contributed by atoms with Gasteiger partial charge in [0.05, 0.1) is 12.1 Å². The van der Waals surface area contributed by atoms with Crippen molar-refractivity contribution in [1.82, 2.24) is 0 Å². The van der Waals surface area contributed by atoms with E-state index in [0.29, 0.717) is 16.3 Å². The molecule has 1 unspecified atom stereocenters. The van der Waals surface area contributed by atoms with Crippen LogP contribution in [0.3, 0.4) is 0 Å². The SMILES string of the molecule is CCc1ccccc1C(O)c1ccc(OC)cc1Cl. The summed E-state index contributed by atoms with van der Waals surface area (Å²) >= 11 is 6.21. The average molecular weight is 277 g/mol. The van der Waals surface area contributed by atoms with Crippen LogP contribution in [0.25, 0.3) is 0 Å². The second-order valence-corrected chi connectivity index (χ2v) is 4.75. The zero-order valence-electron chi connectivity index (χ0n) is 11.1. The number of aryl methyl sites for hydroxylation is 1. The van der Waals surface area contributed by atoms with Crippen LogP contribution in [0.2, 0.25) is 5.02 Å². The van der Waals surface area contributed by atoms with Gasteiger partial charge in [-0.1, -0.05) is 48.9 Å². The van der Waals surface area contributed by atoms with Crippen molar-refractivity contribution in [3.8, 4) is 5.75 Å². The van der Waals surface area contributed by atoms with E-state index >= 15 is 0 Å². The Bertz CT molecular complexity index is 566. The number of hydrogen-bond acceptors (Lipinski definition) is 2. The molecule has 2 aromatic carbocycles. The molecule has 0 saturated heterocycles. The molecule has 1 N–H and O–H groups in total. The molecule has 0 amide bonds. The highest BCUT2D eigenvalue weighted by atomic mass is 35.5. The maximum atomic E-state index is 10.5. The van der Waals surface area contributed by atoms with E-state index in [4.69, 9.17) is 16.3 Å². The van der Waals surface area contributed by atoms with Crippen molar-refractivity contribution in [1.29, 1.82) is 0 Å². The minimum atomic E-state index is -0.713. The standard InChI is InChI=1S/C16H17ClO2/c1-3-11-6-4-5-7-13(11)16(18)14-9-8-12(19-2)10-15(14)17/h4-10,16,18H,3H2,1-2H3. The number of benzene rings is 2. The van der Waals surface area contributed by atoms with Crippen LogP contribution in [0.15, 0.2) is 42.5 Å². The third kappa shape index (κ3) is 2.91. The molecule has 0 aliphatic heterocycles. The molecule has 0 aliphatic rings. The van der Waals surface area contributed by atoms with Gasteiger partial charge in [-0.3, -0.25) is 0 Å². The summed E-state index contributed by atoms with van der Waals surface area (Å²) in [6.45, 7) is 2.07. The van der Waals surface area contributed by atoms with Crippen LogP contribution in [-0.2, 0) is 6.42 Å². The summed E-state index contributed by atoms with van der Waals surface area (Å²) < 4.78 is 5.11. The Morgan fingerprint density at radius 2 is 1.89 bits per heavy atom. The molecular weight excluding hydrogens is 260 g/mol. The summed E-state index contributed by atoms with van der Waals surface area (Å²) in [6, 6.07) is 13.2. The molecule has 3 heteroatoms. The van der Waals surface area contributed by atoms with E-state index in [1.807, 2.05) is 24.3 Å².